The fraction of sp³-hybridized carbons (Fsp3) is 0.524. The number of methoxy groups -OCH3 is 2. The molecule has 7 nitrogen and oxygen atoms in total. The predicted molar refractivity (Wildman–Crippen MR) is 105 cm³/mol. The number of carbonyl (C=O) groups excluding carboxylic acids is 2. The van der Waals surface area contributed by atoms with Crippen molar-refractivity contribution in [3.05, 3.63) is 35.5 Å². The summed E-state index contributed by atoms with van der Waals surface area (Å²) in [6.07, 6.45) is 2.41. The minimum absolute atomic E-state index is 0.0847. The summed E-state index contributed by atoms with van der Waals surface area (Å²) in [5.74, 6) is 0.277. The second kappa shape index (κ2) is 9.21. The number of piperidine rings is 1. The van der Waals surface area contributed by atoms with Gasteiger partial charge in [0, 0.05) is 40.0 Å². The van der Waals surface area contributed by atoms with Gasteiger partial charge in [-0.15, -0.1) is 0 Å². The maximum Gasteiger partial charge on any atom is 0.277 e. The van der Waals surface area contributed by atoms with E-state index in [-0.39, 0.29) is 24.3 Å². The molecular weight excluding hydrogens is 360 g/mol. The van der Waals surface area contributed by atoms with Gasteiger partial charge in [-0.25, -0.2) is 0 Å². The Morgan fingerprint density at radius 3 is 2.54 bits per heavy atom. The lowest BCUT2D eigenvalue weighted by molar-refractivity contribution is -0.137. The molecule has 0 bridgehead atoms. The molecule has 0 saturated carbocycles. The van der Waals surface area contributed by atoms with Crippen LogP contribution >= 0.6 is 0 Å². The van der Waals surface area contributed by atoms with Gasteiger partial charge in [0.15, 0.2) is 0 Å². The summed E-state index contributed by atoms with van der Waals surface area (Å²) in [5, 5.41) is 9.57. The van der Waals surface area contributed by atoms with Gasteiger partial charge in [0.25, 0.3) is 11.8 Å². The molecule has 2 amide bonds. The van der Waals surface area contributed by atoms with Crippen molar-refractivity contribution >= 4 is 17.4 Å². The van der Waals surface area contributed by atoms with Crippen molar-refractivity contribution < 1.29 is 24.2 Å². The van der Waals surface area contributed by atoms with Crippen LogP contribution in [0.4, 0.5) is 0 Å². The maximum absolute atomic E-state index is 13.2. The van der Waals surface area contributed by atoms with Crippen molar-refractivity contribution in [3.63, 3.8) is 0 Å². The molecule has 0 aromatic heterocycles. The van der Waals surface area contributed by atoms with E-state index in [2.05, 4.69) is 0 Å². The zero-order chi connectivity index (χ0) is 20.1. The number of amides is 2. The molecule has 1 atom stereocenters. The number of likely N-dealkylation sites (tertiary alicyclic amines) is 1. The van der Waals surface area contributed by atoms with Crippen molar-refractivity contribution in [1.29, 1.82) is 0 Å². The van der Waals surface area contributed by atoms with Gasteiger partial charge in [0.2, 0.25) is 0 Å². The summed E-state index contributed by atoms with van der Waals surface area (Å²) in [7, 11) is 3.19. The first-order valence-electron chi connectivity index (χ1n) is 9.70. The molecule has 1 N–H and O–H groups in total. The van der Waals surface area contributed by atoms with Gasteiger partial charge in [-0.05, 0) is 42.9 Å². The molecule has 2 heterocycles. The highest BCUT2D eigenvalue weighted by atomic mass is 16.5. The standard InChI is InChI=1S/C21H28N2O5/c1-27-12-4-11-23-20(25)18(16-6-8-17(28-2)9-7-16)19(21(23)26)22-10-3-5-15(13-22)14-24/h6-9,15,24H,3-5,10-14H2,1-2H3. The lowest BCUT2D eigenvalue weighted by Crippen LogP contribution is -2.40. The Labute approximate surface area is 165 Å². The molecule has 1 aromatic rings. The summed E-state index contributed by atoms with van der Waals surface area (Å²) in [5.41, 5.74) is 1.59. The highest BCUT2D eigenvalue weighted by Crippen LogP contribution is 2.34. The van der Waals surface area contributed by atoms with Crippen molar-refractivity contribution in [2.75, 3.05) is 47.1 Å². The molecule has 1 saturated heterocycles. The van der Waals surface area contributed by atoms with Crippen LogP contribution in [0.3, 0.4) is 0 Å². The van der Waals surface area contributed by atoms with Crippen LogP contribution in [-0.2, 0) is 14.3 Å². The monoisotopic (exact) mass is 388 g/mol. The summed E-state index contributed by atoms with van der Waals surface area (Å²) < 4.78 is 10.3. The molecular formula is C21H28N2O5. The normalized spacial score (nSPS) is 20.3. The van der Waals surface area contributed by atoms with Crippen LogP contribution in [0.15, 0.2) is 30.0 Å². The van der Waals surface area contributed by atoms with E-state index in [1.165, 1.54) is 4.90 Å². The smallest absolute Gasteiger partial charge is 0.277 e. The van der Waals surface area contributed by atoms with Crippen LogP contribution in [0.1, 0.15) is 24.8 Å². The van der Waals surface area contributed by atoms with E-state index < -0.39 is 0 Å². The average Bonchev–Trinajstić information content (AvgIpc) is 2.98. The van der Waals surface area contributed by atoms with E-state index in [1.54, 1.807) is 26.4 Å². The third-order valence-corrected chi connectivity index (χ3v) is 5.35. The van der Waals surface area contributed by atoms with Crippen LogP contribution in [0.5, 0.6) is 5.75 Å². The van der Waals surface area contributed by atoms with Crippen LogP contribution in [-0.4, -0.2) is 73.8 Å². The molecule has 28 heavy (non-hydrogen) atoms. The fourth-order valence-corrected chi connectivity index (χ4v) is 3.86. The van der Waals surface area contributed by atoms with E-state index in [1.807, 2.05) is 17.0 Å². The molecule has 2 aliphatic rings. The third-order valence-electron chi connectivity index (χ3n) is 5.35. The van der Waals surface area contributed by atoms with Gasteiger partial charge in [0.1, 0.15) is 11.4 Å². The Morgan fingerprint density at radius 1 is 1.14 bits per heavy atom. The van der Waals surface area contributed by atoms with Gasteiger partial charge >= 0.3 is 0 Å². The number of hydrogen-bond donors (Lipinski definition) is 1. The second-order valence-electron chi connectivity index (χ2n) is 7.20. The molecule has 0 aliphatic carbocycles. The van der Waals surface area contributed by atoms with Gasteiger partial charge in [-0.3, -0.25) is 14.5 Å². The van der Waals surface area contributed by atoms with Gasteiger partial charge in [0.05, 0.1) is 12.7 Å². The van der Waals surface area contributed by atoms with Crippen LogP contribution in [0.25, 0.3) is 5.57 Å². The van der Waals surface area contributed by atoms with Crippen molar-refractivity contribution in [2.24, 2.45) is 5.92 Å². The van der Waals surface area contributed by atoms with Crippen molar-refractivity contribution in [1.82, 2.24) is 9.80 Å². The topological polar surface area (TPSA) is 79.3 Å². The lowest BCUT2D eigenvalue weighted by Gasteiger charge is -2.34. The molecule has 1 fully saturated rings. The maximum atomic E-state index is 13.2. The first-order valence-corrected chi connectivity index (χ1v) is 9.70. The summed E-state index contributed by atoms with van der Waals surface area (Å²) in [4.78, 5) is 29.6. The van der Waals surface area contributed by atoms with Gasteiger partial charge in [-0.2, -0.15) is 0 Å². The van der Waals surface area contributed by atoms with Gasteiger partial charge < -0.3 is 19.5 Å². The van der Waals surface area contributed by atoms with E-state index in [0.29, 0.717) is 55.2 Å². The number of ether oxygens (including phenoxy) is 2. The Bertz CT molecular complexity index is 744. The highest BCUT2D eigenvalue weighted by molar-refractivity contribution is 6.35. The molecule has 152 valence electrons. The Balaban J connectivity index is 1.97. The van der Waals surface area contributed by atoms with Crippen molar-refractivity contribution in [3.8, 4) is 5.75 Å². The molecule has 0 spiro atoms. The van der Waals surface area contributed by atoms with Crippen LogP contribution in [0, 0.1) is 5.92 Å². The number of nitrogens with zero attached hydrogens (tertiary/aromatic N) is 2. The molecule has 1 aromatic carbocycles. The van der Waals surface area contributed by atoms with E-state index in [0.717, 1.165) is 12.8 Å². The SMILES string of the molecule is COCCCN1C(=O)C(c2ccc(OC)cc2)=C(N2CCCC(CO)C2)C1=O. The van der Waals surface area contributed by atoms with E-state index in [9.17, 15) is 14.7 Å². The minimum atomic E-state index is -0.271. The van der Waals surface area contributed by atoms with Crippen LogP contribution in [0.2, 0.25) is 0 Å². The Kier molecular flexibility index (Phi) is 6.70. The average molecular weight is 388 g/mol. The first-order chi connectivity index (χ1) is 13.6. The quantitative estimate of drug-likeness (QED) is 0.537. The zero-order valence-electron chi connectivity index (χ0n) is 16.5. The molecule has 1 unspecified atom stereocenters. The molecule has 3 rings (SSSR count). The summed E-state index contributed by atoms with van der Waals surface area (Å²) in [6, 6.07) is 7.20. The van der Waals surface area contributed by atoms with Gasteiger partial charge in [-0.1, -0.05) is 12.1 Å². The Morgan fingerprint density at radius 2 is 1.89 bits per heavy atom. The summed E-state index contributed by atoms with van der Waals surface area (Å²) >= 11 is 0. The number of rotatable bonds is 8. The Hall–Kier alpha value is -2.38. The zero-order valence-corrected chi connectivity index (χ0v) is 16.5. The number of aliphatic hydroxyl groups excluding tert-OH is 1. The molecule has 7 heteroatoms. The summed E-state index contributed by atoms with van der Waals surface area (Å²) in [6.45, 7) is 2.18. The number of aliphatic hydroxyl groups is 1. The lowest BCUT2D eigenvalue weighted by atomic mass is 9.97. The number of imide groups is 1. The van der Waals surface area contributed by atoms with Crippen molar-refractivity contribution in [2.45, 2.75) is 19.3 Å². The highest BCUT2D eigenvalue weighted by Gasteiger charge is 2.42. The predicted octanol–water partition coefficient (Wildman–Crippen LogP) is 1.52. The van der Waals surface area contributed by atoms with E-state index in [4.69, 9.17) is 9.47 Å². The third kappa shape index (κ3) is 4.05. The fourth-order valence-electron chi connectivity index (χ4n) is 3.86. The minimum Gasteiger partial charge on any atom is -0.497 e. The van der Waals surface area contributed by atoms with Crippen LogP contribution < -0.4 is 4.74 Å². The molecule has 2 aliphatic heterocycles. The molecule has 0 radical (unpaired) electrons. The number of carbonyl (C=O) groups is 2. The van der Waals surface area contributed by atoms with E-state index >= 15 is 0 Å². The first kappa shape index (κ1) is 20.4. The number of benzene rings is 1. The largest absolute Gasteiger partial charge is 0.497 e. The number of hydrogen-bond acceptors (Lipinski definition) is 6. The second-order valence-corrected chi connectivity index (χ2v) is 7.20.